The van der Waals surface area contributed by atoms with E-state index in [1.165, 1.54) is 16.3 Å². The number of benzene rings is 2. The van der Waals surface area contributed by atoms with Gasteiger partial charge in [0.2, 0.25) is 0 Å². The number of fused-ring (bicyclic) bond motifs is 1. The van der Waals surface area contributed by atoms with Crippen LogP contribution in [0, 0.1) is 6.07 Å². The number of hydrogen-bond donors (Lipinski definition) is 0. The summed E-state index contributed by atoms with van der Waals surface area (Å²) in [5.74, 6) is 0.637. The van der Waals surface area contributed by atoms with E-state index < -0.39 is 0 Å². The molecule has 0 unspecified atom stereocenters. The monoisotopic (exact) mass is 211 g/mol. The second-order valence-electron chi connectivity index (χ2n) is 4.39. The summed E-state index contributed by atoms with van der Waals surface area (Å²) in [6.45, 7) is 1.79. The molecular weight excluding hydrogens is 196 g/mol. The second kappa shape index (κ2) is 4.26. The highest BCUT2D eigenvalue weighted by atomic mass is 16.5. The van der Waals surface area contributed by atoms with Gasteiger partial charge < -0.3 is 4.74 Å². The normalized spacial score (nSPS) is 17.8. The molecule has 3 rings (SSSR count). The molecular formula is C15H15O. The summed E-state index contributed by atoms with van der Waals surface area (Å²) in [6, 6.07) is 16.4. The van der Waals surface area contributed by atoms with Gasteiger partial charge in [0.15, 0.2) is 0 Å². The summed E-state index contributed by atoms with van der Waals surface area (Å²) in [5, 5.41) is 2.50. The Morgan fingerprint density at radius 3 is 2.69 bits per heavy atom. The van der Waals surface area contributed by atoms with E-state index in [1.807, 2.05) is 0 Å². The molecule has 1 fully saturated rings. The molecule has 2 aromatic carbocycles. The first-order valence-corrected chi connectivity index (χ1v) is 5.92. The van der Waals surface area contributed by atoms with Gasteiger partial charge in [0.05, 0.1) is 0 Å². The molecule has 1 saturated heterocycles. The van der Waals surface area contributed by atoms with Gasteiger partial charge in [0.1, 0.15) is 0 Å². The first kappa shape index (κ1) is 9.86. The Bertz CT molecular complexity index is 484. The predicted molar refractivity (Wildman–Crippen MR) is 65.6 cm³/mol. The third-order valence-electron chi connectivity index (χ3n) is 3.34. The van der Waals surface area contributed by atoms with E-state index in [0.29, 0.717) is 5.92 Å². The molecule has 81 valence electrons. The fourth-order valence-corrected chi connectivity index (χ4v) is 2.38. The molecule has 1 nitrogen and oxygen atoms in total. The van der Waals surface area contributed by atoms with Gasteiger partial charge in [-0.1, -0.05) is 36.4 Å². The summed E-state index contributed by atoms with van der Waals surface area (Å²) in [7, 11) is 0. The Kier molecular flexibility index (Phi) is 2.63. The van der Waals surface area contributed by atoms with Crippen molar-refractivity contribution in [1.29, 1.82) is 0 Å². The van der Waals surface area contributed by atoms with Gasteiger partial charge in [-0.25, -0.2) is 0 Å². The molecule has 0 atom stereocenters. The van der Waals surface area contributed by atoms with E-state index in [0.717, 1.165) is 26.1 Å². The molecule has 0 aromatic heterocycles. The lowest BCUT2D eigenvalue weighted by molar-refractivity contribution is 0.0853. The highest BCUT2D eigenvalue weighted by Gasteiger charge is 2.15. The topological polar surface area (TPSA) is 9.23 Å². The zero-order valence-electron chi connectivity index (χ0n) is 9.28. The molecule has 1 aliphatic heterocycles. The standard InChI is InChI=1S/C15H15O/c1-2-4-14-11-15(6-5-12(14)3-1)13-7-9-16-10-8-13/h1-6,13H,7-10H2. The van der Waals surface area contributed by atoms with Crippen LogP contribution in [0.4, 0.5) is 0 Å². The molecule has 0 amide bonds. The van der Waals surface area contributed by atoms with Crippen LogP contribution in [0.2, 0.25) is 0 Å². The van der Waals surface area contributed by atoms with Crippen molar-refractivity contribution in [3.05, 3.63) is 48.0 Å². The minimum atomic E-state index is 0.637. The lowest BCUT2D eigenvalue weighted by atomic mass is 9.90. The maximum Gasteiger partial charge on any atom is 0.0471 e. The summed E-state index contributed by atoms with van der Waals surface area (Å²) in [6.07, 6.45) is 2.27. The van der Waals surface area contributed by atoms with Crippen molar-refractivity contribution in [1.82, 2.24) is 0 Å². The van der Waals surface area contributed by atoms with Crippen LogP contribution in [0.1, 0.15) is 24.3 Å². The van der Waals surface area contributed by atoms with E-state index in [1.54, 1.807) is 0 Å². The fraction of sp³-hybridized carbons (Fsp3) is 0.333. The average molecular weight is 211 g/mol. The summed E-state index contributed by atoms with van der Waals surface area (Å²) < 4.78 is 5.39. The van der Waals surface area contributed by atoms with Gasteiger partial charge in [-0.05, 0) is 41.2 Å². The van der Waals surface area contributed by atoms with E-state index in [-0.39, 0.29) is 0 Å². The molecule has 0 aliphatic carbocycles. The van der Waals surface area contributed by atoms with Crippen LogP contribution in [-0.2, 0) is 4.74 Å². The molecule has 0 saturated carbocycles. The number of rotatable bonds is 1. The van der Waals surface area contributed by atoms with Crippen LogP contribution >= 0.6 is 0 Å². The summed E-state index contributed by atoms with van der Waals surface area (Å²) in [4.78, 5) is 0. The molecule has 1 aliphatic rings. The van der Waals surface area contributed by atoms with E-state index in [2.05, 4.69) is 42.5 Å². The van der Waals surface area contributed by atoms with Crippen molar-refractivity contribution >= 4 is 10.8 Å². The van der Waals surface area contributed by atoms with Crippen molar-refractivity contribution < 1.29 is 4.74 Å². The highest BCUT2D eigenvalue weighted by Crippen LogP contribution is 2.28. The average Bonchev–Trinajstić information content (AvgIpc) is 2.39. The third kappa shape index (κ3) is 1.83. The van der Waals surface area contributed by atoms with Gasteiger partial charge in [0, 0.05) is 13.2 Å². The van der Waals surface area contributed by atoms with Gasteiger partial charge in [-0.3, -0.25) is 0 Å². The van der Waals surface area contributed by atoms with E-state index in [9.17, 15) is 0 Å². The van der Waals surface area contributed by atoms with Crippen molar-refractivity contribution in [3.63, 3.8) is 0 Å². The molecule has 0 bridgehead atoms. The molecule has 2 aromatic rings. The lowest BCUT2D eigenvalue weighted by Gasteiger charge is -2.22. The predicted octanol–water partition coefficient (Wildman–Crippen LogP) is 3.53. The lowest BCUT2D eigenvalue weighted by Crippen LogP contribution is -2.14. The maximum absolute atomic E-state index is 5.39. The van der Waals surface area contributed by atoms with Crippen LogP contribution in [0.15, 0.2) is 36.4 Å². The molecule has 1 radical (unpaired) electrons. The number of hydrogen-bond acceptors (Lipinski definition) is 1. The Morgan fingerprint density at radius 2 is 1.81 bits per heavy atom. The zero-order chi connectivity index (χ0) is 10.8. The fourth-order valence-electron chi connectivity index (χ4n) is 2.38. The van der Waals surface area contributed by atoms with Crippen molar-refractivity contribution in [2.75, 3.05) is 13.2 Å². The van der Waals surface area contributed by atoms with Crippen molar-refractivity contribution in [2.24, 2.45) is 0 Å². The van der Waals surface area contributed by atoms with Gasteiger partial charge in [-0.2, -0.15) is 0 Å². The Labute approximate surface area is 96.0 Å². The first-order chi connectivity index (χ1) is 7.93. The van der Waals surface area contributed by atoms with Crippen LogP contribution in [0.3, 0.4) is 0 Å². The minimum absolute atomic E-state index is 0.637. The van der Waals surface area contributed by atoms with Crippen molar-refractivity contribution in [3.8, 4) is 0 Å². The van der Waals surface area contributed by atoms with Crippen LogP contribution in [0.25, 0.3) is 10.8 Å². The quantitative estimate of drug-likeness (QED) is 0.701. The molecule has 1 heteroatoms. The highest BCUT2D eigenvalue weighted by molar-refractivity contribution is 5.82. The van der Waals surface area contributed by atoms with E-state index in [4.69, 9.17) is 4.74 Å². The first-order valence-electron chi connectivity index (χ1n) is 5.92. The molecule has 1 heterocycles. The van der Waals surface area contributed by atoms with Gasteiger partial charge in [-0.15, -0.1) is 0 Å². The van der Waals surface area contributed by atoms with Crippen LogP contribution in [0.5, 0.6) is 0 Å². The van der Waals surface area contributed by atoms with Crippen molar-refractivity contribution in [2.45, 2.75) is 18.8 Å². The number of ether oxygens (including phenoxy) is 1. The Morgan fingerprint density at radius 1 is 1.00 bits per heavy atom. The Hall–Kier alpha value is -1.34. The maximum atomic E-state index is 5.39. The third-order valence-corrected chi connectivity index (χ3v) is 3.34. The molecule has 16 heavy (non-hydrogen) atoms. The van der Waals surface area contributed by atoms with Crippen LogP contribution < -0.4 is 0 Å². The SMILES string of the molecule is [c]1c(C2CCOCC2)ccc2ccccc12. The summed E-state index contributed by atoms with van der Waals surface area (Å²) >= 11 is 0. The molecule has 0 N–H and O–H groups in total. The minimum Gasteiger partial charge on any atom is -0.381 e. The van der Waals surface area contributed by atoms with E-state index >= 15 is 0 Å². The smallest absolute Gasteiger partial charge is 0.0471 e. The summed E-state index contributed by atoms with van der Waals surface area (Å²) in [5.41, 5.74) is 1.35. The zero-order valence-corrected chi connectivity index (χ0v) is 9.28. The largest absolute Gasteiger partial charge is 0.381 e. The van der Waals surface area contributed by atoms with Gasteiger partial charge >= 0.3 is 0 Å². The second-order valence-corrected chi connectivity index (χ2v) is 4.39. The van der Waals surface area contributed by atoms with Gasteiger partial charge in [0.25, 0.3) is 0 Å². The molecule has 0 spiro atoms. The Balaban J connectivity index is 1.97. The van der Waals surface area contributed by atoms with Crippen LogP contribution in [-0.4, -0.2) is 13.2 Å².